The number of anilines is 1. The van der Waals surface area contributed by atoms with E-state index in [-0.39, 0.29) is 5.91 Å². The van der Waals surface area contributed by atoms with Gasteiger partial charge < -0.3 is 9.88 Å². The third-order valence-corrected chi connectivity index (χ3v) is 6.24. The molecule has 0 unspecified atom stereocenters. The van der Waals surface area contributed by atoms with Gasteiger partial charge in [0.1, 0.15) is 0 Å². The Morgan fingerprint density at radius 3 is 2.70 bits per heavy atom. The first kappa shape index (κ1) is 19.6. The molecule has 3 aromatic rings. The molecule has 1 N–H and O–H groups in total. The van der Waals surface area contributed by atoms with Gasteiger partial charge >= 0.3 is 0 Å². The molecular weight excluding hydrogens is 376 g/mol. The van der Waals surface area contributed by atoms with Crippen LogP contribution < -0.4 is 5.32 Å². The molecule has 5 nitrogen and oxygen atoms in total. The number of benzene rings is 1. The lowest BCUT2D eigenvalue weighted by molar-refractivity contribution is -0.113. The largest absolute Gasteiger partial charge is 0.325 e. The highest BCUT2D eigenvalue weighted by Crippen LogP contribution is 2.27. The fourth-order valence-corrected chi connectivity index (χ4v) is 4.40. The van der Waals surface area contributed by atoms with Gasteiger partial charge in [-0.1, -0.05) is 44.2 Å². The van der Waals surface area contributed by atoms with Crippen LogP contribution in [0.2, 0.25) is 0 Å². The minimum Gasteiger partial charge on any atom is -0.325 e. The topological polar surface area (TPSA) is 59.8 Å². The van der Waals surface area contributed by atoms with E-state index in [4.69, 9.17) is 0 Å². The van der Waals surface area contributed by atoms with E-state index in [1.165, 1.54) is 22.2 Å². The quantitative estimate of drug-likeness (QED) is 0.552. The minimum absolute atomic E-state index is 0.0467. The first-order chi connectivity index (χ1) is 13.1. The smallest absolute Gasteiger partial charge is 0.234 e. The summed E-state index contributed by atoms with van der Waals surface area (Å²) in [6.45, 7) is 4.29. The zero-order valence-corrected chi connectivity index (χ0v) is 17.5. The van der Waals surface area contributed by atoms with Gasteiger partial charge in [0.05, 0.1) is 5.75 Å². The van der Waals surface area contributed by atoms with E-state index >= 15 is 0 Å². The third kappa shape index (κ3) is 4.99. The van der Waals surface area contributed by atoms with Crippen LogP contribution in [0, 0.1) is 0 Å². The lowest BCUT2D eigenvalue weighted by atomic mass is 10.1. The Morgan fingerprint density at radius 1 is 1.22 bits per heavy atom. The highest BCUT2D eigenvalue weighted by molar-refractivity contribution is 7.99. The Morgan fingerprint density at radius 2 is 2.00 bits per heavy atom. The fourth-order valence-electron chi connectivity index (χ4n) is 2.72. The van der Waals surface area contributed by atoms with Crippen molar-refractivity contribution in [2.45, 2.75) is 38.3 Å². The Kier molecular flexibility index (Phi) is 6.68. The van der Waals surface area contributed by atoms with Gasteiger partial charge in [-0.25, -0.2) is 0 Å². The summed E-state index contributed by atoms with van der Waals surface area (Å²) in [7, 11) is 1.94. The standard InChI is InChI=1S/C20H24N4OS2/c1-4-6-17-11-15(12-26-17)19-22-23-20(24(19)3)27-13-18(25)21-16-9-7-14(5-2)8-10-16/h7-12H,4-6,13H2,1-3H3,(H,21,25). The second-order valence-electron chi connectivity index (χ2n) is 6.30. The van der Waals surface area contributed by atoms with Crippen LogP contribution in [0.3, 0.4) is 0 Å². The molecule has 0 atom stereocenters. The molecule has 0 saturated carbocycles. The molecule has 3 rings (SSSR count). The predicted molar refractivity (Wildman–Crippen MR) is 113 cm³/mol. The van der Waals surface area contributed by atoms with Crippen LogP contribution in [-0.4, -0.2) is 26.4 Å². The van der Waals surface area contributed by atoms with Gasteiger partial charge in [-0.05, 0) is 36.6 Å². The van der Waals surface area contributed by atoms with E-state index < -0.39 is 0 Å². The van der Waals surface area contributed by atoms with Gasteiger partial charge in [0, 0.05) is 28.6 Å². The molecule has 7 heteroatoms. The average Bonchev–Trinajstić information content (AvgIpc) is 3.27. The number of hydrogen-bond acceptors (Lipinski definition) is 5. The molecular formula is C20H24N4OS2. The van der Waals surface area contributed by atoms with E-state index in [9.17, 15) is 4.79 Å². The van der Waals surface area contributed by atoms with Crippen LogP contribution in [-0.2, 0) is 24.7 Å². The molecule has 1 amide bonds. The molecule has 0 fully saturated rings. The predicted octanol–water partition coefficient (Wildman–Crippen LogP) is 4.79. The second-order valence-corrected chi connectivity index (χ2v) is 8.24. The van der Waals surface area contributed by atoms with Crippen LogP contribution in [0.5, 0.6) is 0 Å². The van der Waals surface area contributed by atoms with Gasteiger partial charge in [-0.2, -0.15) is 0 Å². The molecule has 142 valence electrons. The summed E-state index contributed by atoms with van der Waals surface area (Å²) in [6, 6.07) is 10.1. The lowest BCUT2D eigenvalue weighted by Gasteiger charge is -2.06. The molecule has 0 saturated heterocycles. The van der Waals surface area contributed by atoms with Crippen molar-refractivity contribution < 1.29 is 4.79 Å². The van der Waals surface area contributed by atoms with Crippen molar-refractivity contribution >= 4 is 34.7 Å². The van der Waals surface area contributed by atoms with Crippen LogP contribution >= 0.6 is 23.1 Å². The molecule has 0 spiro atoms. The van der Waals surface area contributed by atoms with E-state index in [0.717, 1.165) is 41.5 Å². The Hall–Kier alpha value is -2.12. The number of nitrogens with one attached hydrogen (secondary N) is 1. The van der Waals surface area contributed by atoms with E-state index in [0.29, 0.717) is 5.75 Å². The van der Waals surface area contributed by atoms with Crippen LogP contribution in [0.4, 0.5) is 5.69 Å². The summed E-state index contributed by atoms with van der Waals surface area (Å²) < 4.78 is 1.95. The maximum atomic E-state index is 12.2. The third-order valence-electron chi connectivity index (χ3n) is 4.22. The zero-order chi connectivity index (χ0) is 19.2. The number of amides is 1. The first-order valence-corrected chi connectivity index (χ1v) is 11.0. The number of hydrogen-bond donors (Lipinski definition) is 1. The molecule has 2 heterocycles. The number of carbonyl (C=O) groups excluding carboxylic acids is 1. The lowest BCUT2D eigenvalue weighted by Crippen LogP contribution is -2.14. The van der Waals surface area contributed by atoms with E-state index in [1.807, 2.05) is 35.9 Å². The SMILES string of the molecule is CCCc1cc(-c2nnc(SCC(=O)Nc3ccc(CC)cc3)n2C)cs1. The number of aryl methyl sites for hydroxylation is 2. The highest BCUT2D eigenvalue weighted by atomic mass is 32.2. The number of carbonyl (C=O) groups is 1. The Labute approximate surface area is 168 Å². The number of nitrogens with zero attached hydrogens (tertiary/aromatic N) is 3. The van der Waals surface area contributed by atoms with Gasteiger partial charge in [0.25, 0.3) is 0 Å². The summed E-state index contributed by atoms with van der Waals surface area (Å²) in [5.41, 5.74) is 3.16. The van der Waals surface area contributed by atoms with Gasteiger partial charge in [-0.3, -0.25) is 4.79 Å². The van der Waals surface area contributed by atoms with Crippen LogP contribution in [0.1, 0.15) is 30.7 Å². The molecule has 0 radical (unpaired) electrons. The summed E-state index contributed by atoms with van der Waals surface area (Å²) in [6.07, 6.45) is 3.21. The molecule has 2 aromatic heterocycles. The molecule has 0 aliphatic rings. The van der Waals surface area contributed by atoms with Crippen molar-refractivity contribution in [2.75, 3.05) is 11.1 Å². The van der Waals surface area contributed by atoms with Crippen molar-refractivity contribution in [3.05, 3.63) is 46.2 Å². The summed E-state index contributed by atoms with van der Waals surface area (Å²) >= 11 is 3.15. The highest BCUT2D eigenvalue weighted by Gasteiger charge is 2.14. The van der Waals surface area contributed by atoms with Gasteiger partial charge in [0.15, 0.2) is 11.0 Å². The van der Waals surface area contributed by atoms with Crippen molar-refractivity contribution in [1.82, 2.24) is 14.8 Å². The van der Waals surface area contributed by atoms with Crippen molar-refractivity contribution in [3.8, 4) is 11.4 Å². The summed E-state index contributed by atoms with van der Waals surface area (Å²) in [5, 5.41) is 14.3. The number of thioether (sulfide) groups is 1. The molecule has 1 aromatic carbocycles. The summed E-state index contributed by atoms with van der Waals surface area (Å²) in [5.74, 6) is 1.09. The maximum Gasteiger partial charge on any atom is 0.234 e. The molecule has 0 aliphatic heterocycles. The fraction of sp³-hybridized carbons (Fsp3) is 0.350. The van der Waals surface area contributed by atoms with Gasteiger partial charge in [-0.15, -0.1) is 21.5 Å². The number of rotatable bonds is 8. The second kappa shape index (κ2) is 9.19. The zero-order valence-electron chi connectivity index (χ0n) is 15.9. The normalized spacial score (nSPS) is 10.9. The number of thiophene rings is 1. The first-order valence-electron chi connectivity index (χ1n) is 9.09. The van der Waals surface area contributed by atoms with Crippen molar-refractivity contribution in [3.63, 3.8) is 0 Å². The van der Waals surface area contributed by atoms with Crippen LogP contribution in [0.15, 0.2) is 40.9 Å². The Bertz CT molecular complexity index is 899. The Balaban J connectivity index is 1.59. The minimum atomic E-state index is -0.0467. The molecule has 0 bridgehead atoms. The van der Waals surface area contributed by atoms with Crippen LogP contribution in [0.25, 0.3) is 11.4 Å². The maximum absolute atomic E-state index is 12.2. The van der Waals surface area contributed by atoms with Crippen molar-refractivity contribution in [1.29, 1.82) is 0 Å². The van der Waals surface area contributed by atoms with E-state index in [1.54, 1.807) is 11.3 Å². The monoisotopic (exact) mass is 400 g/mol. The summed E-state index contributed by atoms with van der Waals surface area (Å²) in [4.78, 5) is 13.6. The average molecular weight is 401 g/mol. The van der Waals surface area contributed by atoms with Gasteiger partial charge in [0.2, 0.25) is 5.91 Å². The molecule has 0 aliphatic carbocycles. The van der Waals surface area contributed by atoms with E-state index in [2.05, 4.69) is 40.8 Å². The molecule has 27 heavy (non-hydrogen) atoms. The number of aromatic nitrogens is 3. The van der Waals surface area contributed by atoms with Crippen molar-refractivity contribution in [2.24, 2.45) is 7.05 Å².